The number of nitrogens with two attached hydrogens (primary N) is 1. The van der Waals surface area contributed by atoms with Gasteiger partial charge in [-0.05, 0) is 35.5 Å². The van der Waals surface area contributed by atoms with Gasteiger partial charge in [0.2, 0.25) is 5.95 Å². The van der Waals surface area contributed by atoms with Crippen LogP contribution in [-0.2, 0) is 13.1 Å². The van der Waals surface area contributed by atoms with Crippen molar-refractivity contribution in [3.63, 3.8) is 0 Å². The monoisotopic (exact) mass is 363 g/mol. The number of nitrogens with zero attached hydrogens (tertiary/aromatic N) is 7. The van der Waals surface area contributed by atoms with E-state index in [0.29, 0.717) is 35.0 Å². The molecule has 136 valence electrons. The van der Waals surface area contributed by atoms with E-state index >= 15 is 0 Å². The number of carbonyl (C=O) groups excluding carboxylic acids is 1. The van der Waals surface area contributed by atoms with Crippen molar-refractivity contribution in [3.05, 3.63) is 54.0 Å². The molecule has 3 aromatic heterocycles. The van der Waals surface area contributed by atoms with E-state index in [9.17, 15) is 4.79 Å². The van der Waals surface area contributed by atoms with Gasteiger partial charge in [-0.25, -0.2) is 9.97 Å². The van der Waals surface area contributed by atoms with Gasteiger partial charge in [-0.3, -0.25) is 9.36 Å². The van der Waals surface area contributed by atoms with E-state index in [1.807, 2.05) is 37.3 Å². The van der Waals surface area contributed by atoms with Gasteiger partial charge in [-0.2, -0.15) is 4.68 Å². The molecule has 27 heavy (non-hydrogen) atoms. The van der Waals surface area contributed by atoms with Gasteiger partial charge >= 0.3 is 0 Å². The first-order valence-corrected chi connectivity index (χ1v) is 8.40. The average molecular weight is 363 g/mol. The summed E-state index contributed by atoms with van der Waals surface area (Å²) in [6.07, 6.45) is 1.51. The van der Waals surface area contributed by atoms with Gasteiger partial charge < -0.3 is 11.1 Å². The molecule has 0 aliphatic carbocycles. The van der Waals surface area contributed by atoms with E-state index in [1.54, 1.807) is 15.3 Å². The number of hydrogen-bond donors (Lipinski definition) is 2. The summed E-state index contributed by atoms with van der Waals surface area (Å²) in [5.41, 5.74) is 8.31. The first-order chi connectivity index (χ1) is 13.2. The number of benzene rings is 1. The molecule has 0 aliphatic rings. The molecule has 1 amide bonds. The largest absolute Gasteiger partial charge is 0.369 e. The normalized spacial score (nSPS) is 11.0. The van der Waals surface area contributed by atoms with Crippen LogP contribution in [0.4, 0.5) is 5.95 Å². The van der Waals surface area contributed by atoms with Crippen LogP contribution in [0.1, 0.15) is 23.1 Å². The fraction of sp³-hybridized carbons (Fsp3) is 0.176. The number of carbonyl (C=O) groups is 1. The van der Waals surface area contributed by atoms with E-state index in [4.69, 9.17) is 5.73 Å². The predicted molar refractivity (Wildman–Crippen MR) is 97.9 cm³/mol. The molecule has 1 aromatic carbocycles. The first kappa shape index (κ1) is 16.6. The molecule has 10 nitrogen and oxygen atoms in total. The van der Waals surface area contributed by atoms with Crippen LogP contribution in [0.5, 0.6) is 0 Å². The first-order valence-electron chi connectivity index (χ1n) is 8.40. The van der Waals surface area contributed by atoms with E-state index in [2.05, 4.69) is 30.8 Å². The van der Waals surface area contributed by atoms with Crippen LogP contribution >= 0.6 is 0 Å². The summed E-state index contributed by atoms with van der Waals surface area (Å²) in [6, 6.07) is 11.1. The minimum atomic E-state index is -0.295. The third kappa shape index (κ3) is 3.08. The molecule has 0 unspecified atom stereocenters. The highest BCUT2D eigenvalue weighted by Gasteiger charge is 2.14. The second-order valence-corrected chi connectivity index (χ2v) is 5.81. The molecule has 3 N–H and O–H groups in total. The number of rotatable bonds is 5. The molecule has 0 atom stereocenters. The minimum Gasteiger partial charge on any atom is -0.369 e. The Morgan fingerprint density at radius 1 is 1.26 bits per heavy atom. The number of aryl methyl sites for hydroxylation is 1. The number of hydrogen-bond acceptors (Lipinski definition) is 7. The van der Waals surface area contributed by atoms with E-state index in [0.717, 1.165) is 5.69 Å². The van der Waals surface area contributed by atoms with Crippen LogP contribution in [0.2, 0.25) is 0 Å². The number of tetrazole rings is 1. The van der Waals surface area contributed by atoms with Crippen LogP contribution < -0.4 is 11.1 Å². The van der Waals surface area contributed by atoms with E-state index in [1.165, 1.54) is 6.20 Å². The van der Waals surface area contributed by atoms with Crippen molar-refractivity contribution < 1.29 is 4.79 Å². The van der Waals surface area contributed by atoms with Crippen LogP contribution in [0.15, 0.2) is 42.6 Å². The quantitative estimate of drug-likeness (QED) is 0.540. The second-order valence-electron chi connectivity index (χ2n) is 5.81. The zero-order chi connectivity index (χ0) is 18.8. The zero-order valence-electron chi connectivity index (χ0n) is 14.6. The fourth-order valence-corrected chi connectivity index (χ4v) is 2.81. The molecular formula is C17H17N9O. The Morgan fingerprint density at radius 3 is 2.85 bits per heavy atom. The Morgan fingerprint density at radius 2 is 2.07 bits per heavy atom. The van der Waals surface area contributed by atoms with Gasteiger partial charge in [-0.1, -0.05) is 18.2 Å². The lowest BCUT2D eigenvalue weighted by Gasteiger charge is -2.06. The summed E-state index contributed by atoms with van der Waals surface area (Å²) in [5.74, 6) is 0.597. The molecular weight excluding hydrogens is 346 g/mol. The number of imidazole rings is 1. The van der Waals surface area contributed by atoms with Gasteiger partial charge in [0.1, 0.15) is 5.52 Å². The molecule has 0 spiro atoms. The number of aromatic nitrogens is 7. The Bertz CT molecular complexity index is 1100. The third-order valence-corrected chi connectivity index (χ3v) is 4.13. The van der Waals surface area contributed by atoms with Gasteiger partial charge in [0, 0.05) is 12.7 Å². The lowest BCUT2D eigenvalue weighted by atomic mass is 10.2. The van der Waals surface area contributed by atoms with Crippen molar-refractivity contribution in [3.8, 4) is 5.69 Å². The lowest BCUT2D eigenvalue weighted by molar-refractivity contribution is 0.0949. The molecule has 0 radical (unpaired) electrons. The number of fused-ring (bicyclic) bond motifs is 1. The van der Waals surface area contributed by atoms with Crippen molar-refractivity contribution in [1.29, 1.82) is 0 Å². The summed E-state index contributed by atoms with van der Waals surface area (Å²) >= 11 is 0. The van der Waals surface area contributed by atoms with Gasteiger partial charge in [-0.15, -0.1) is 5.10 Å². The predicted octanol–water partition coefficient (Wildman–Crippen LogP) is 0.939. The smallest absolute Gasteiger partial charge is 0.253 e. The van der Waals surface area contributed by atoms with Gasteiger partial charge in [0.25, 0.3) is 5.91 Å². The topological polar surface area (TPSA) is 129 Å². The summed E-state index contributed by atoms with van der Waals surface area (Å²) in [5, 5.41) is 14.4. The average Bonchev–Trinajstić information content (AvgIpc) is 3.29. The fourth-order valence-electron chi connectivity index (χ4n) is 2.81. The van der Waals surface area contributed by atoms with E-state index in [-0.39, 0.29) is 12.5 Å². The highest BCUT2D eigenvalue weighted by Crippen LogP contribution is 2.16. The minimum absolute atomic E-state index is 0.171. The van der Waals surface area contributed by atoms with Crippen molar-refractivity contribution in [2.45, 2.75) is 20.0 Å². The standard InChI is InChI=1S/C17H17N9O/c1-2-25-15-13(21-17(25)18)8-11(9-19-15)16(27)20-10-14-22-23-24-26(14)12-6-4-3-5-7-12/h3-9H,2,10H2,1H3,(H2,18,21)(H,20,27). The summed E-state index contributed by atoms with van der Waals surface area (Å²) in [4.78, 5) is 21.1. The molecule has 0 saturated heterocycles. The Balaban J connectivity index is 1.52. The van der Waals surface area contributed by atoms with Crippen LogP contribution in [-0.4, -0.2) is 40.6 Å². The number of pyridine rings is 1. The molecule has 0 saturated carbocycles. The number of anilines is 1. The maximum absolute atomic E-state index is 12.5. The highest BCUT2D eigenvalue weighted by molar-refractivity contribution is 5.96. The van der Waals surface area contributed by atoms with Gasteiger partial charge in [0.05, 0.1) is 17.8 Å². The number of nitrogen functional groups attached to an aromatic ring is 1. The summed E-state index contributed by atoms with van der Waals surface area (Å²) in [7, 11) is 0. The third-order valence-electron chi connectivity index (χ3n) is 4.13. The maximum atomic E-state index is 12.5. The van der Waals surface area contributed by atoms with Crippen molar-refractivity contribution >= 4 is 23.0 Å². The SMILES string of the molecule is CCn1c(N)nc2cc(C(=O)NCc3nnnn3-c3ccccc3)cnc21. The summed E-state index contributed by atoms with van der Waals surface area (Å²) in [6.45, 7) is 2.78. The molecule has 0 bridgehead atoms. The Hall–Kier alpha value is -3.82. The van der Waals surface area contributed by atoms with Crippen molar-refractivity contribution in [2.75, 3.05) is 5.73 Å². The lowest BCUT2D eigenvalue weighted by Crippen LogP contribution is -2.25. The van der Waals surface area contributed by atoms with E-state index < -0.39 is 0 Å². The number of nitrogens with one attached hydrogen (secondary N) is 1. The van der Waals surface area contributed by atoms with Crippen molar-refractivity contribution in [2.24, 2.45) is 0 Å². The number of para-hydroxylation sites is 1. The molecule has 4 aromatic rings. The zero-order valence-corrected chi connectivity index (χ0v) is 14.6. The molecule has 10 heteroatoms. The molecule has 0 fully saturated rings. The Labute approximate surface area is 154 Å². The van der Waals surface area contributed by atoms with Crippen LogP contribution in [0.25, 0.3) is 16.9 Å². The second kappa shape index (κ2) is 6.83. The highest BCUT2D eigenvalue weighted by atomic mass is 16.1. The van der Waals surface area contributed by atoms with Gasteiger partial charge in [0.15, 0.2) is 11.5 Å². The number of amides is 1. The molecule has 4 rings (SSSR count). The Kier molecular flexibility index (Phi) is 4.21. The maximum Gasteiger partial charge on any atom is 0.253 e. The van der Waals surface area contributed by atoms with Crippen molar-refractivity contribution in [1.82, 2.24) is 40.1 Å². The molecule has 3 heterocycles. The summed E-state index contributed by atoms with van der Waals surface area (Å²) < 4.78 is 3.36. The van der Waals surface area contributed by atoms with Crippen LogP contribution in [0, 0.1) is 0 Å². The van der Waals surface area contributed by atoms with Crippen LogP contribution in [0.3, 0.4) is 0 Å². The molecule has 0 aliphatic heterocycles.